The van der Waals surface area contributed by atoms with Gasteiger partial charge in [-0.15, -0.1) is 0 Å². The highest BCUT2D eigenvalue weighted by Crippen LogP contribution is 2.15. The summed E-state index contributed by atoms with van der Waals surface area (Å²) in [7, 11) is 0. The van der Waals surface area contributed by atoms with Crippen molar-refractivity contribution in [3.63, 3.8) is 0 Å². The molecule has 36 heavy (non-hydrogen) atoms. The second-order valence-electron chi connectivity index (χ2n) is 8.56. The number of phenols is 1. The van der Waals surface area contributed by atoms with Crippen LogP contribution in [0.1, 0.15) is 36.5 Å². The molecule has 0 saturated heterocycles. The van der Waals surface area contributed by atoms with Gasteiger partial charge in [0.2, 0.25) is 11.8 Å². The molecule has 0 heterocycles. The third-order valence-corrected chi connectivity index (χ3v) is 5.64. The lowest BCUT2D eigenvalue weighted by Crippen LogP contribution is -2.48. The van der Waals surface area contributed by atoms with E-state index in [1.807, 2.05) is 66.7 Å². The Kier molecular flexibility index (Phi) is 10.6. The van der Waals surface area contributed by atoms with E-state index in [0.717, 1.165) is 35.3 Å². The third kappa shape index (κ3) is 9.29. The molecule has 6 heteroatoms. The zero-order valence-electron chi connectivity index (χ0n) is 20.7. The predicted octanol–water partition coefficient (Wildman–Crippen LogP) is 4.67. The highest BCUT2D eigenvalue weighted by molar-refractivity contribution is 5.95. The summed E-state index contributed by atoms with van der Waals surface area (Å²) >= 11 is 0. The third-order valence-electron chi connectivity index (χ3n) is 5.64. The number of unbranched alkanes of at least 4 members (excludes halogenated alkanes) is 1. The second-order valence-corrected chi connectivity index (χ2v) is 8.56. The zero-order valence-corrected chi connectivity index (χ0v) is 20.7. The average molecular weight is 487 g/mol. The Morgan fingerprint density at radius 3 is 2.33 bits per heavy atom. The lowest BCUT2D eigenvalue weighted by atomic mass is 10.0. The molecule has 0 saturated carbocycles. The number of nitrogens with one attached hydrogen (secondary N) is 2. The van der Waals surface area contributed by atoms with Crippen molar-refractivity contribution in [2.45, 2.75) is 38.6 Å². The summed E-state index contributed by atoms with van der Waals surface area (Å²) in [6.07, 6.45) is 6.20. The van der Waals surface area contributed by atoms with Gasteiger partial charge in [0.05, 0.1) is 6.61 Å². The minimum atomic E-state index is -0.732. The van der Waals surface area contributed by atoms with Crippen molar-refractivity contribution in [1.29, 1.82) is 0 Å². The first-order valence-electron chi connectivity index (χ1n) is 12.3. The number of ether oxygens (including phenoxy) is 1. The van der Waals surface area contributed by atoms with Gasteiger partial charge in [-0.2, -0.15) is 0 Å². The normalized spacial score (nSPS) is 11.7. The van der Waals surface area contributed by atoms with Gasteiger partial charge in [-0.1, -0.05) is 67.9 Å². The topological polar surface area (TPSA) is 87.7 Å². The van der Waals surface area contributed by atoms with E-state index < -0.39 is 6.04 Å². The molecular weight excluding hydrogens is 452 g/mol. The van der Waals surface area contributed by atoms with Gasteiger partial charge in [0, 0.05) is 19.0 Å². The summed E-state index contributed by atoms with van der Waals surface area (Å²) in [5, 5.41) is 15.2. The van der Waals surface area contributed by atoms with Crippen LogP contribution in [0.5, 0.6) is 11.5 Å². The van der Waals surface area contributed by atoms with E-state index >= 15 is 0 Å². The summed E-state index contributed by atoms with van der Waals surface area (Å²) < 4.78 is 5.72. The molecule has 0 unspecified atom stereocenters. The van der Waals surface area contributed by atoms with Crippen LogP contribution < -0.4 is 15.4 Å². The number of rotatable bonds is 13. The van der Waals surface area contributed by atoms with Gasteiger partial charge in [-0.25, -0.2) is 0 Å². The van der Waals surface area contributed by atoms with Gasteiger partial charge >= 0.3 is 0 Å². The van der Waals surface area contributed by atoms with Crippen molar-refractivity contribution < 1.29 is 19.4 Å². The maximum atomic E-state index is 13.0. The Balaban J connectivity index is 1.62. The average Bonchev–Trinajstić information content (AvgIpc) is 2.90. The molecule has 0 fully saturated rings. The molecule has 0 radical (unpaired) electrons. The molecule has 0 spiro atoms. The molecule has 3 aromatic carbocycles. The standard InChI is InChI=1S/C30H34N2O4/c1-2-3-21-36-27-16-11-25(12-17-27)22-28(32-29(34)18-13-23-7-5-4-6-8-23)30(35)31-20-19-24-9-14-26(33)15-10-24/h4-18,28,33H,2-3,19-22H2,1H3,(H,31,35)(H,32,34)/b18-13+/t28-/m0/s1. The van der Waals surface area contributed by atoms with Crippen LogP contribution in [-0.4, -0.2) is 36.1 Å². The van der Waals surface area contributed by atoms with Crippen LogP contribution in [0.15, 0.2) is 84.9 Å². The fourth-order valence-corrected chi connectivity index (χ4v) is 3.57. The molecule has 6 nitrogen and oxygen atoms in total. The zero-order chi connectivity index (χ0) is 25.6. The van der Waals surface area contributed by atoms with Crippen molar-refractivity contribution in [3.05, 3.63) is 102 Å². The molecular formula is C30H34N2O4. The minimum absolute atomic E-state index is 0.205. The molecule has 3 rings (SSSR count). The number of amides is 2. The highest BCUT2D eigenvalue weighted by Gasteiger charge is 2.20. The predicted molar refractivity (Wildman–Crippen MR) is 143 cm³/mol. The maximum Gasteiger partial charge on any atom is 0.244 e. The van der Waals surface area contributed by atoms with Crippen molar-refractivity contribution in [1.82, 2.24) is 10.6 Å². The fraction of sp³-hybridized carbons (Fsp3) is 0.267. The first-order chi connectivity index (χ1) is 17.5. The van der Waals surface area contributed by atoms with Crippen molar-refractivity contribution >= 4 is 17.9 Å². The summed E-state index contributed by atoms with van der Waals surface area (Å²) in [5.74, 6) is 0.406. The highest BCUT2D eigenvalue weighted by atomic mass is 16.5. The minimum Gasteiger partial charge on any atom is -0.508 e. The van der Waals surface area contributed by atoms with Gasteiger partial charge in [0.1, 0.15) is 17.5 Å². The number of benzene rings is 3. The Morgan fingerprint density at radius 2 is 1.64 bits per heavy atom. The number of carbonyl (C=O) groups excluding carboxylic acids is 2. The van der Waals surface area contributed by atoms with Crippen LogP contribution in [0.4, 0.5) is 0 Å². The van der Waals surface area contributed by atoms with Gasteiger partial charge in [0.15, 0.2) is 0 Å². The lowest BCUT2D eigenvalue weighted by molar-refractivity contribution is -0.127. The van der Waals surface area contributed by atoms with Crippen LogP contribution in [0.3, 0.4) is 0 Å². The van der Waals surface area contributed by atoms with E-state index in [1.165, 1.54) is 6.08 Å². The van der Waals surface area contributed by atoms with E-state index in [0.29, 0.717) is 26.0 Å². The van der Waals surface area contributed by atoms with Crippen LogP contribution in [0.2, 0.25) is 0 Å². The van der Waals surface area contributed by atoms with E-state index in [-0.39, 0.29) is 17.6 Å². The Morgan fingerprint density at radius 1 is 0.944 bits per heavy atom. The molecule has 0 aliphatic heterocycles. The largest absolute Gasteiger partial charge is 0.508 e. The number of aromatic hydroxyl groups is 1. The van der Waals surface area contributed by atoms with Crippen LogP contribution in [0, 0.1) is 0 Å². The molecule has 0 aliphatic carbocycles. The lowest BCUT2D eigenvalue weighted by Gasteiger charge is -2.18. The van der Waals surface area contributed by atoms with Crippen LogP contribution >= 0.6 is 0 Å². The quantitative estimate of drug-likeness (QED) is 0.242. The van der Waals surface area contributed by atoms with Gasteiger partial charge < -0.3 is 20.5 Å². The maximum absolute atomic E-state index is 13.0. The molecule has 2 amide bonds. The van der Waals surface area contributed by atoms with E-state index in [1.54, 1.807) is 18.2 Å². The van der Waals surface area contributed by atoms with Crippen molar-refractivity contribution in [2.24, 2.45) is 0 Å². The van der Waals surface area contributed by atoms with Gasteiger partial charge in [-0.05, 0) is 59.9 Å². The first kappa shape index (κ1) is 26.5. The van der Waals surface area contributed by atoms with Crippen molar-refractivity contribution in [3.8, 4) is 11.5 Å². The summed E-state index contributed by atoms with van der Waals surface area (Å²) in [5.41, 5.74) is 2.82. The summed E-state index contributed by atoms with van der Waals surface area (Å²) in [6, 6.07) is 23.3. The molecule has 0 bridgehead atoms. The molecule has 3 N–H and O–H groups in total. The summed E-state index contributed by atoms with van der Waals surface area (Å²) in [4.78, 5) is 25.7. The van der Waals surface area contributed by atoms with Gasteiger partial charge in [0.25, 0.3) is 0 Å². The Labute approximate surface area is 213 Å². The first-order valence-corrected chi connectivity index (χ1v) is 12.3. The second kappa shape index (κ2) is 14.4. The van der Waals surface area contributed by atoms with Crippen molar-refractivity contribution in [2.75, 3.05) is 13.2 Å². The smallest absolute Gasteiger partial charge is 0.244 e. The van der Waals surface area contributed by atoms with Gasteiger partial charge in [-0.3, -0.25) is 9.59 Å². The number of hydrogen-bond acceptors (Lipinski definition) is 4. The molecule has 0 aliphatic rings. The molecule has 188 valence electrons. The molecule has 1 atom stereocenters. The Hall–Kier alpha value is -4.06. The molecule has 0 aromatic heterocycles. The SMILES string of the molecule is CCCCOc1ccc(C[C@H](NC(=O)/C=C/c2ccccc2)C(=O)NCCc2ccc(O)cc2)cc1. The molecule has 3 aromatic rings. The monoisotopic (exact) mass is 486 g/mol. The number of phenolic OH excluding ortho intramolecular Hbond substituents is 1. The van der Waals surface area contributed by atoms with E-state index in [2.05, 4.69) is 17.6 Å². The fourth-order valence-electron chi connectivity index (χ4n) is 3.57. The number of hydrogen-bond donors (Lipinski definition) is 3. The summed E-state index contributed by atoms with van der Waals surface area (Å²) in [6.45, 7) is 3.21. The van der Waals surface area contributed by atoms with E-state index in [9.17, 15) is 14.7 Å². The van der Waals surface area contributed by atoms with Crippen LogP contribution in [0.25, 0.3) is 6.08 Å². The Bertz CT molecular complexity index is 1110. The van der Waals surface area contributed by atoms with E-state index in [4.69, 9.17) is 4.74 Å². The number of carbonyl (C=O) groups is 2. The van der Waals surface area contributed by atoms with Crippen LogP contribution in [-0.2, 0) is 22.4 Å².